The number of hydrogen-bond donors (Lipinski definition) is 2. The molecule has 0 aliphatic rings. The van der Waals surface area contributed by atoms with Crippen molar-refractivity contribution in [1.82, 2.24) is 10.3 Å². The van der Waals surface area contributed by atoms with Gasteiger partial charge in [0.05, 0.1) is 5.56 Å². The molecule has 0 saturated heterocycles. The molecule has 1 amide bonds. The number of benzene rings is 2. The molecular formula is C21H20N2O2S. The number of carbonyl (C=O) groups excluding carboxylic acids is 1. The lowest BCUT2D eigenvalue weighted by atomic mass is 10.1. The van der Waals surface area contributed by atoms with Gasteiger partial charge in [-0.05, 0) is 55.3 Å². The number of aromatic nitrogens is 1. The van der Waals surface area contributed by atoms with Crippen molar-refractivity contribution in [1.29, 1.82) is 0 Å². The van der Waals surface area contributed by atoms with Crippen molar-refractivity contribution < 1.29 is 9.90 Å². The van der Waals surface area contributed by atoms with Crippen LogP contribution < -0.4 is 5.32 Å². The Morgan fingerprint density at radius 3 is 2.65 bits per heavy atom. The number of hydrogen-bond acceptors (Lipinski definition) is 4. The second-order valence-corrected chi connectivity index (χ2v) is 7.08. The van der Waals surface area contributed by atoms with Gasteiger partial charge in [-0.2, -0.15) is 0 Å². The molecule has 1 heterocycles. The van der Waals surface area contributed by atoms with E-state index >= 15 is 0 Å². The molecule has 3 aromatic rings. The molecule has 3 rings (SSSR count). The Hall–Kier alpha value is -2.79. The first-order valence-corrected chi connectivity index (χ1v) is 9.11. The predicted molar refractivity (Wildman–Crippen MR) is 104 cm³/mol. The molecule has 132 valence electrons. The van der Waals surface area contributed by atoms with Gasteiger partial charge in [0.2, 0.25) is 0 Å². The Kier molecular flexibility index (Phi) is 5.58. The van der Waals surface area contributed by atoms with E-state index in [1.165, 1.54) is 22.9 Å². The molecule has 2 aromatic carbocycles. The lowest BCUT2D eigenvalue weighted by Gasteiger charge is -2.10. The molecule has 0 aliphatic carbocycles. The van der Waals surface area contributed by atoms with Crippen LogP contribution in [-0.4, -0.2) is 16.0 Å². The van der Waals surface area contributed by atoms with Crippen molar-refractivity contribution >= 4 is 17.7 Å². The van der Waals surface area contributed by atoms with Crippen LogP contribution in [0.15, 0.2) is 70.7 Å². The van der Waals surface area contributed by atoms with Gasteiger partial charge in [-0.1, -0.05) is 36.0 Å². The maximum Gasteiger partial charge on any atom is 0.254 e. The highest BCUT2D eigenvalue weighted by Gasteiger charge is 2.14. The zero-order valence-electron chi connectivity index (χ0n) is 14.7. The smallest absolute Gasteiger partial charge is 0.254 e. The quantitative estimate of drug-likeness (QED) is 0.700. The summed E-state index contributed by atoms with van der Waals surface area (Å²) in [5, 5.41) is 13.3. The number of phenols is 1. The van der Waals surface area contributed by atoms with Gasteiger partial charge in [-0.25, -0.2) is 4.98 Å². The third kappa shape index (κ3) is 4.24. The van der Waals surface area contributed by atoms with E-state index in [9.17, 15) is 9.90 Å². The minimum Gasteiger partial charge on any atom is -0.508 e. The number of nitrogens with one attached hydrogen (secondary N) is 1. The number of pyridine rings is 1. The molecule has 4 nitrogen and oxygen atoms in total. The zero-order valence-corrected chi connectivity index (χ0v) is 15.5. The number of para-hydroxylation sites is 1. The Balaban J connectivity index is 1.76. The van der Waals surface area contributed by atoms with Gasteiger partial charge in [-0.15, -0.1) is 0 Å². The van der Waals surface area contributed by atoms with E-state index in [0.29, 0.717) is 16.2 Å². The van der Waals surface area contributed by atoms with Gasteiger partial charge >= 0.3 is 0 Å². The number of rotatable bonds is 5. The minimum atomic E-state index is -0.215. The second kappa shape index (κ2) is 8.06. The summed E-state index contributed by atoms with van der Waals surface area (Å²) in [6.07, 6.45) is 1.68. The molecule has 0 atom stereocenters. The fraction of sp³-hybridized carbons (Fsp3) is 0.143. The molecule has 0 saturated carbocycles. The maximum atomic E-state index is 12.6. The third-order valence-electron chi connectivity index (χ3n) is 4.14. The first-order chi connectivity index (χ1) is 12.5. The lowest BCUT2D eigenvalue weighted by molar-refractivity contribution is 0.0947. The Morgan fingerprint density at radius 2 is 1.88 bits per heavy atom. The van der Waals surface area contributed by atoms with E-state index in [1.807, 2.05) is 12.1 Å². The monoisotopic (exact) mass is 364 g/mol. The fourth-order valence-corrected chi connectivity index (χ4v) is 3.44. The van der Waals surface area contributed by atoms with E-state index in [0.717, 1.165) is 4.90 Å². The van der Waals surface area contributed by atoms with Crippen LogP contribution >= 0.6 is 11.8 Å². The van der Waals surface area contributed by atoms with Crippen molar-refractivity contribution in [3.63, 3.8) is 0 Å². The molecule has 0 bridgehead atoms. The largest absolute Gasteiger partial charge is 0.508 e. The summed E-state index contributed by atoms with van der Waals surface area (Å²) in [5.41, 5.74) is 3.63. The summed E-state index contributed by atoms with van der Waals surface area (Å²) in [6.45, 7) is 4.40. The average Bonchev–Trinajstić information content (AvgIpc) is 2.64. The lowest BCUT2D eigenvalue weighted by Crippen LogP contribution is -2.23. The number of amides is 1. The van der Waals surface area contributed by atoms with Crippen LogP contribution in [0.1, 0.15) is 27.0 Å². The Bertz CT molecular complexity index is 941. The zero-order chi connectivity index (χ0) is 18.5. The SMILES string of the molecule is Cc1ccc(Sc2ncccc2C(=O)NCc2ccccc2O)cc1C. The molecule has 0 fully saturated rings. The molecule has 1 aromatic heterocycles. The fourth-order valence-electron chi connectivity index (χ4n) is 2.47. The van der Waals surface area contributed by atoms with E-state index < -0.39 is 0 Å². The average molecular weight is 364 g/mol. The van der Waals surface area contributed by atoms with E-state index in [-0.39, 0.29) is 18.2 Å². The maximum absolute atomic E-state index is 12.6. The summed E-state index contributed by atoms with van der Waals surface area (Å²) < 4.78 is 0. The number of phenolic OH excluding ortho intramolecular Hbond substituents is 1. The second-order valence-electron chi connectivity index (χ2n) is 6.02. The highest BCUT2D eigenvalue weighted by molar-refractivity contribution is 7.99. The van der Waals surface area contributed by atoms with Crippen LogP contribution in [0.25, 0.3) is 0 Å². The standard InChI is InChI=1S/C21H20N2O2S/c1-14-9-10-17(12-15(14)2)26-21-18(7-5-11-22-21)20(25)23-13-16-6-3-4-8-19(16)24/h3-12,24H,13H2,1-2H3,(H,23,25). The minimum absolute atomic E-state index is 0.170. The van der Waals surface area contributed by atoms with E-state index in [4.69, 9.17) is 0 Å². The van der Waals surface area contributed by atoms with Crippen LogP contribution in [-0.2, 0) is 6.54 Å². The molecule has 0 spiro atoms. The molecule has 5 heteroatoms. The number of aromatic hydroxyl groups is 1. The first kappa shape index (κ1) is 18.0. The van der Waals surface area contributed by atoms with Gasteiger partial charge < -0.3 is 10.4 Å². The van der Waals surface area contributed by atoms with Gasteiger partial charge in [-0.3, -0.25) is 4.79 Å². The van der Waals surface area contributed by atoms with E-state index in [1.54, 1.807) is 36.5 Å². The number of nitrogens with zero attached hydrogens (tertiary/aromatic N) is 1. The summed E-state index contributed by atoms with van der Waals surface area (Å²) in [7, 11) is 0. The third-order valence-corrected chi connectivity index (χ3v) is 5.15. The molecule has 2 N–H and O–H groups in total. The first-order valence-electron chi connectivity index (χ1n) is 8.30. The number of aryl methyl sites for hydroxylation is 2. The van der Waals surface area contributed by atoms with Crippen molar-refractivity contribution in [2.24, 2.45) is 0 Å². The molecule has 0 unspecified atom stereocenters. The highest BCUT2D eigenvalue weighted by Crippen LogP contribution is 2.30. The molecule has 0 radical (unpaired) electrons. The van der Waals surface area contributed by atoms with Gasteiger partial charge in [0, 0.05) is 23.2 Å². The molecule has 0 aliphatic heterocycles. The van der Waals surface area contributed by atoms with Gasteiger partial charge in [0.1, 0.15) is 10.8 Å². The highest BCUT2D eigenvalue weighted by atomic mass is 32.2. The van der Waals surface area contributed by atoms with Crippen molar-refractivity contribution in [3.05, 3.63) is 83.0 Å². The summed E-state index contributed by atoms with van der Waals surface area (Å²) in [5.74, 6) is -0.0450. The van der Waals surface area contributed by atoms with Crippen molar-refractivity contribution in [2.75, 3.05) is 0 Å². The Labute approximate surface area is 157 Å². The molecular weight excluding hydrogens is 344 g/mol. The van der Waals surface area contributed by atoms with E-state index in [2.05, 4.69) is 36.3 Å². The molecule has 26 heavy (non-hydrogen) atoms. The summed E-state index contributed by atoms with van der Waals surface area (Å²) in [4.78, 5) is 18.0. The van der Waals surface area contributed by atoms with Crippen molar-refractivity contribution in [2.45, 2.75) is 30.3 Å². The summed E-state index contributed by atoms with van der Waals surface area (Å²) in [6, 6.07) is 16.7. The van der Waals surface area contributed by atoms with Crippen molar-refractivity contribution in [3.8, 4) is 5.75 Å². The normalized spacial score (nSPS) is 10.5. The number of carbonyl (C=O) groups is 1. The Morgan fingerprint density at radius 1 is 1.08 bits per heavy atom. The predicted octanol–water partition coefficient (Wildman–Crippen LogP) is 4.49. The van der Waals surface area contributed by atoms with Gasteiger partial charge in [0.15, 0.2) is 0 Å². The van der Waals surface area contributed by atoms with Gasteiger partial charge in [0.25, 0.3) is 5.91 Å². The van der Waals surface area contributed by atoms with Crippen LogP contribution in [0.3, 0.4) is 0 Å². The van der Waals surface area contributed by atoms with Crippen LogP contribution in [0.5, 0.6) is 5.75 Å². The summed E-state index contributed by atoms with van der Waals surface area (Å²) >= 11 is 1.47. The van der Waals surface area contributed by atoms with Crippen LogP contribution in [0.2, 0.25) is 0 Å². The van der Waals surface area contributed by atoms with Crippen LogP contribution in [0, 0.1) is 13.8 Å². The van der Waals surface area contributed by atoms with Crippen LogP contribution in [0.4, 0.5) is 0 Å². The topological polar surface area (TPSA) is 62.2 Å².